The topological polar surface area (TPSA) is 37.8 Å². The maximum Gasteiger partial charge on any atom is 0.134 e. The van der Waals surface area contributed by atoms with Crippen molar-refractivity contribution in [1.29, 1.82) is 0 Å². The van der Waals surface area contributed by atoms with Gasteiger partial charge in [0.25, 0.3) is 0 Å². The second kappa shape index (κ2) is 5.23. The minimum absolute atomic E-state index is 0.509. The maximum atomic E-state index is 5.90. The van der Waals surface area contributed by atoms with Gasteiger partial charge in [0.1, 0.15) is 16.8 Å². The molecule has 2 atom stereocenters. The van der Waals surface area contributed by atoms with E-state index in [1.165, 1.54) is 19.3 Å². The number of aryl methyl sites for hydroxylation is 1. The quantitative estimate of drug-likeness (QED) is 0.845. The molecule has 0 saturated heterocycles. The van der Waals surface area contributed by atoms with Gasteiger partial charge in [0.05, 0.1) is 0 Å². The van der Waals surface area contributed by atoms with Crippen molar-refractivity contribution in [2.24, 2.45) is 0 Å². The molecule has 2 unspecified atom stereocenters. The molecule has 0 radical (unpaired) electrons. The van der Waals surface area contributed by atoms with E-state index >= 15 is 0 Å². The summed E-state index contributed by atoms with van der Waals surface area (Å²) < 4.78 is 0. The Morgan fingerprint density at radius 3 is 2.88 bits per heavy atom. The molecule has 1 aliphatic carbocycles. The molecule has 0 spiro atoms. The van der Waals surface area contributed by atoms with Crippen molar-refractivity contribution in [2.45, 2.75) is 37.5 Å². The summed E-state index contributed by atoms with van der Waals surface area (Å²) >= 11 is 7.85. The normalized spacial score (nSPS) is 24.7. The Morgan fingerprint density at radius 1 is 1.44 bits per heavy atom. The predicted octanol–water partition coefficient (Wildman–Crippen LogP) is 3.13. The summed E-state index contributed by atoms with van der Waals surface area (Å²) in [5.41, 5.74) is 0. The molecular weight excluding hydrogens is 242 g/mol. The summed E-state index contributed by atoms with van der Waals surface area (Å²) in [5.74, 6) is 1.57. The largest absolute Gasteiger partial charge is 0.367 e. The molecule has 1 N–H and O–H groups in total. The molecule has 16 heavy (non-hydrogen) atoms. The monoisotopic (exact) mass is 257 g/mol. The molecule has 1 aromatic rings. The minimum Gasteiger partial charge on any atom is -0.367 e. The first-order valence-corrected chi connectivity index (χ1v) is 7.14. The highest BCUT2D eigenvalue weighted by Gasteiger charge is 2.23. The van der Waals surface area contributed by atoms with Crippen molar-refractivity contribution >= 4 is 29.2 Å². The first-order valence-electron chi connectivity index (χ1n) is 5.48. The van der Waals surface area contributed by atoms with E-state index in [2.05, 4.69) is 21.5 Å². The number of nitrogens with zero attached hydrogens (tertiary/aromatic N) is 2. The van der Waals surface area contributed by atoms with Crippen LogP contribution in [0.1, 0.15) is 25.1 Å². The van der Waals surface area contributed by atoms with Crippen LogP contribution in [0.5, 0.6) is 0 Å². The van der Waals surface area contributed by atoms with E-state index in [9.17, 15) is 0 Å². The van der Waals surface area contributed by atoms with Crippen LogP contribution < -0.4 is 5.32 Å². The van der Waals surface area contributed by atoms with Gasteiger partial charge in [-0.2, -0.15) is 11.8 Å². The van der Waals surface area contributed by atoms with Crippen molar-refractivity contribution < 1.29 is 0 Å². The average Bonchev–Trinajstić information content (AvgIpc) is 2.64. The van der Waals surface area contributed by atoms with Crippen molar-refractivity contribution in [1.82, 2.24) is 9.97 Å². The zero-order chi connectivity index (χ0) is 11.5. The zero-order valence-electron chi connectivity index (χ0n) is 9.53. The van der Waals surface area contributed by atoms with Crippen molar-refractivity contribution in [3.8, 4) is 0 Å². The highest BCUT2D eigenvalue weighted by atomic mass is 35.5. The van der Waals surface area contributed by atoms with Gasteiger partial charge in [-0.25, -0.2) is 9.97 Å². The van der Waals surface area contributed by atoms with Crippen LogP contribution in [0.4, 0.5) is 5.82 Å². The fraction of sp³-hybridized carbons (Fsp3) is 0.636. The molecule has 0 bridgehead atoms. The van der Waals surface area contributed by atoms with Gasteiger partial charge in [-0.1, -0.05) is 11.6 Å². The lowest BCUT2D eigenvalue weighted by atomic mass is 10.2. The zero-order valence-corrected chi connectivity index (χ0v) is 11.1. The lowest BCUT2D eigenvalue weighted by Crippen LogP contribution is -2.17. The van der Waals surface area contributed by atoms with Crippen LogP contribution in [0.25, 0.3) is 0 Å². The third-order valence-electron chi connectivity index (χ3n) is 2.88. The third-order valence-corrected chi connectivity index (χ3v) is 4.16. The molecule has 2 rings (SSSR count). The first-order chi connectivity index (χ1) is 7.67. The van der Waals surface area contributed by atoms with Crippen molar-refractivity contribution in [3.63, 3.8) is 0 Å². The molecule has 3 nitrogen and oxygen atoms in total. The average molecular weight is 258 g/mol. The number of rotatable bonds is 3. The maximum absolute atomic E-state index is 5.90. The number of thioether (sulfide) groups is 1. The fourth-order valence-electron chi connectivity index (χ4n) is 2.10. The number of nitrogens with one attached hydrogen (secondary N) is 1. The van der Waals surface area contributed by atoms with E-state index in [1.54, 1.807) is 6.07 Å². The van der Waals surface area contributed by atoms with E-state index in [0.29, 0.717) is 11.2 Å². The Hall–Kier alpha value is -0.480. The van der Waals surface area contributed by atoms with E-state index in [1.807, 2.05) is 18.7 Å². The molecule has 1 aliphatic rings. The Morgan fingerprint density at radius 2 is 2.25 bits per heavy atom. The molecular formula is C11H16ClN3S. The smallest absolute Gasteiger partial charge is 0.134 e. The SMILES string of the molecule is CSC1CCC(Nc2cc(Cl)nc(C)n2)C1. The predicted molar refractivity (Wildman–Crippen MR) is 70.3 cm³/mol. The summed E-state index contributed by atoms with van der Waals surface area (Å²) in [4.78, 5) is 8.39. The van der Waals surface area contributed by atoms with Gasteiger partial charge < -0.3 is 5.32 Å². The fourth-order valence-corrected chi connectivity index (χ4v) is 3.12. The standard InChI is InChI=1S/C11H16ClN3S/c1-7-13-10(12)6-11(14-7)15-8-3-4-9(5-8)16-2/h6,8-9H,3-5H2,1-2H3,(H,13,14,15). The Bertz CT molecular complexity index is 352. The summed E-state index contributed by atoms with van der Waals surface area (Å²) in [6, 6.07) is 2.32. The van der Waals surface area contributed by atoms with Crippen LogP contribution in [0.15, 0.2) is 6.07 Å². The minimum atomic E-state index is 0.509. The van der Waals surface area contributed by atoms with Crippen LogP contribution in [0.2, 0.25) is 5.15 Å². The Balaban J connectivity index is 1.99. The van der Waals surface area contributed by atoms with Crippen LogP contribution in [0.3, 0.4) is 0 Å². The van der Waals surface area contributed by atoms with Gasteiger partial charge >= 0.3 is 0 Å². The van der Waals surface area contributed by atoms with Crippen LogP contribution >= 0.6 is 23.4 Å². The van der Waals surface area contributed by atoms with Gasteiger partial charge in [-0.15, -0.1) is 0 Å². The van der Waals surface area contributed by atoms with Gasteiger partial charge in [0, 0.05) is 17.4 Å². The van der Waals surface area contributed by atoms with Gasteiger partial charge in [-0.05, 0) is 32.4 Å². The molecule has 88 valence electrons. The molecule has 0 aromatic carbocycles. The van der Waals surface area contributed by atoms with Gasteiger partial charge in [-0.3, -0.25) is 0 Å². The van der Waals surface area contributed by atoms with Crippen LogP contribution in [-0.2, 0) is 0 Å². The number of anilines is 1. The Labute approximate surface area is 105 Å². The van der Waals surface area contributed by atoms with E-state index in [4.69, 9.17) is 11.6 Å². The second-order valence-corrected chi connectivity index (χ2v) is 5.66. The first kappa shape index (κ1) is 12.0. The summed E-state index contributed by atoms with van der Waals surface area (Å²) in [6.45, 7) is 1.86. The molecule has 0 amide bonds. The number of hydrogen-bond donors (Lipinski definition) is 1. The van der Waals surface area contributed by atoms with Gasteiger partial charge in [0.15, 0.2) is 0 Å². The van der Waals surface area contributed by atoms with Gasteiger partial charge in [0.2, 0.25) is 0 Å². The molecule has 0 aliphatic heterocycles. The van der Waals surface area contributed by atoms with Crippen LogP contribution in [0, 0.1) is 6.92 Å². The second-order valence-electron chi connectivity index (χ2n) is 4.14. The van der Waals surface area contributed by atoms with E-state index in [-0.39, 0.29) is 0 Å². The molecule has 1 heterocycles. The van der Waals surface area contributed by atoms with Crippen LogP contribution in [-0.4, -0.2) is 27.5 Å². The molecule has 1 fully saturated rings. The number of halogens is 1. The highest BCUT2D eigenvalue weighted by Crippen LogP contribution is 2.30. The van der Waals surface area contributed by atoms with Crippen molar-refractivity contribution in [3.05, 3.63) is 17.0 Å². The molecule has 1 saturated carbocycles. The third kappa shape index (κ3) is 3.01. The summed E-state index contributed by atoms with van der Waals surface area (Å²) in [7, 11) is 0. The molecule has 1 aromatic heterocycles. The number of aromatic nitrogens is 2. The lowest BCUT2D eigenvalue weighted by Gasteiger charge is -2.13. The summed E-state index contributed by atoms with van der Waals surface area (Å²) in [5, 5.41) is 4.73. The summed E-state index contributed by atoms with van der Waals surface area (Å²) in [6.07, 6.45) is 5.89. The highest BCUT2D eigenvalue weighted by molar-refractivity contribution is 7.99. The van der Waals surface area contributed by atoms with E-state index < -0.39 is 0 Å². The van der Waals surface area contributed by atoms with E-state index in [0.717, 1.165) is 16.9 Å². The number of hydrogen-bond acceptors (Lipinski definition) is 4. The molecule has 5 heteroatoms. The van der Waals surface area contributed by atoms with Crippen molar-refractivity contribution in [2.75, 3.05) is 11.6 Å². The Kier molecular flexibility index (Phi) is 3.92. The lowest BCUT2D eigenvalue weighted by molar-refractivity contribution is 0.750.